The predicted octanol–water partition coefficient (Wildman–Crippen LogP) is 2.03. The summed E-state index contributed by atoms with van der Waals surface area (Å²) < 4.78 is 0. The summed E-state index contributed by atoms with van der Waals surface area (Å²) in [7, 11) is 0. The lowest BCUT2D eigenvalue weighted by Gasteiger charge is -2.17. The maximum absolute atomic E-state index is 9.31. The number of rotatable bonds is 2. The van der Waals surface area contributed by atoms with Crippen LogP contribution in [0.4, 0.5) is 0 Å². The largest absolute Gasteiger partial charge is 0.391 e. The molecule has 0 spiro atoms. The highest BCUT2D eigenvalue weighted by atomic mass is 35.5. The Morgan fingerprint density at radius 2 is 2.08 bits per heavy atom. The maximum atomic E-state index is 9.31. The van der Waals surface area contributed by atoms with Crippen molar-refractivity contribution in [2.24, 2.45) is 5.73 Å². The fourth-order valence-electron chi connectivity index (χ4n) is 1.27. The molecule has 3 N–H and O–H groups in total. The van der Waals surface area contributed by atoms with Gasteiger partial charge in [0.05, 0.1) is 12.1 Å². The van der Waals surface area contributed by atoms with Crippen molar-refractivity contribution in [1.29, 1.82) is 0 Å². The Kier molecular flexibility index (Phi) is 3.31. The molecule has 0 aromatic heterocycles. The van der Waals surface area contributed by atoms with E-state index >= 15 is 0 Å². The van der Waals surface area contributed by atoms with E-state index in [9.17, 15) is 5.11 Å². The third kappa shape index (κ3) is 2.44. The van der Waals surface area contributed by atoms with Gasteiger partial charge in [0.25, 0.3) is 0 Å². The highest BCUT2D eigenvalue weighted by Gasteiger charge is 2.13. The molecule has 0 heterocycles. The van der Waals surface area contributed by atoms with Gasteiger partial charge in [0.1, 0.15) is 0 Å². The van der Waals surface area contributed by atoms with Gasteiger partial charge in [-0.2, -0.15) is 0 Å². The van der Waals surface area contributed by atoms with Crippen LogP contribution < -0.4 is 5.73 Å². The number of aliphatic hydroxyl groups excluding tert-OH is 1. The third-order valence-electron chi connectivity index (χ3n) is 2.11. The van der Waals surface area contributed by atoms with Gasteiger partial charge < -0.3 is 10.8 Å². The SMILES string of the molecule is Cc1cc(Cl)ccc1[C@H](N)[C@H](C)O. The minimum absolute atomic E-state index is 0.336. The standard InChI is InChI=1S/C10H14ClNO/c1-6-5-8(11)3-4-9(6)10(12)7(2)13/h3-5,7,10,13H,12H2,1-2H3/t7-,10+/m0/s1. The third-order valence-corrected chi connectivity index (χ3v) is 2.35. The van der Waals surface area contributed by atoms with Crippen LogP contribution in [0.15, 0.2) is 18.2 Å². The number of benzene rings is 1. The Morgan fingerprint density at radius 1 is 1.46 bits per heavy atom. The van der Waals surface area contributed by atoms with Crippen molar-refractivity contribution in [1.82, 2.24) is 0 Å². The summed E-state index contributed by atoms with van der Waals surface area (Å²) in [6.45, 7) is 3.61. The first-order valence-electron chi connectivity index (χ1n) is 4.22. The molecule has 0 aliphatic rings. The van der Waals surface area contributed by atoms with Crippen LogP contribution in [0.1, 0.15) is 24.1 Å². The number of aliphatic hydroxyl groups is 1. The molecule has 0 bridgehead atoms. The zero-order valence-corrected chi connectivity index (χ0v) is 8.55. The van der Waals surface area contributed by atoms with Gasteiger partial charge in [0.2, 0.25) is 0 Å². The van der Waals surface area contributed by atoms with Crippen LogP contribution in [0.3, 0.4) is 0 Å². The van der Waals surface area contributed by atoms with Gasteiger partial charge in [0.15, 0.2) is 0 Å². The van der Waals surface area contributed by atoms with Gasteiger partial charge in [0, 0.05) is 5.02 Å². The second-order valence-electron chi connectivity index (χ2n) is 3.27. The summed E-state index contributed by atoms with van der Waals surface area (Å²) in [5.41, 5.74) is 7.75. The van der Waals surface area contributed by atoms with Crippen molar-refractivity contribution in [2.45, 2.75) is 26.0 Å². The molecule has 3 heteroatoms. The van der Waals surface area contributed by atoms with Gasteiger partial charge in [-0.1, -0.05) is 17.7 Å². The highest BCUT2D eigenvalue weighted by molar-refractivity contribution is 6.30. The van der Waals surface area contributed by atoms with Crippen molar-refractivity contribution < 1.29 is 5.11 Å². The molecule has 0 amide bonds. The Balaban J connectivity index is 3.01. The molecular weight excluding hydrogens is 186 g/mol. The molecule has 1 aromatic carbocycles. The van der Waals surface area contributed by atoms with Crippen LogP contribution in [-0.2, 0) is 0 Å². The lowest BCUT2D eigenvalue weighted by atomic mass is 9.99. The van der Waals surface area contributed by atoms with Gasteiger partial charge in [-0.3, -0.25) is 0 Å². The van der Waals surface area contributed by atoms with E-state index in [0.717, 1.165) is 11.1 Å². The van der Waals surface area contributed by atoms with Crippen molar-refractivity contribution in [3.63, 3.8) is 0 Å². The maximum Gasteiger partial charge on any atom is 0.0704 e. The monoisotopic (exact) mass is 199 g/mol. The van der Waals surface area contributed by atoms with Gasteiger partial charge in [-0.25, -0.2) is 0 Å². The van der Waals surface area contributed by atoms with Crippen molar-refractivity contribution in [3.8, 4) is 0 Å². The number of halogens is 1. The van der Waals surface area contributed by atoms with Gasteiger partial charge >= 0.3 is 0 Å². The minimum Gasteiger partial charge on any atom is -0.391 e. The summed E-state index contributed by atoms with van der Waals surface area (Å²) in [5.74, 6) is 0. The Morgan fingerprint density at radius 3 is 2.54 bits per heavy atom. The first-order valence-corrected chi connectivity index (χ1v) is 4.60. The molecule has 72 valence electrons. The molecule has 1 rings (SSSR count). The van der Waals surface area contributed by atoms with E-state index < -0.39 is 6.10 Å². The zero-order valence-electron chi connectivity index (χ0n) is 7.79. The second kappa shape index (κ2) is 4.09. The lowest BCUT2D eigenvalue weighted by molar-refractivity contribution is 0.164. The van der Waals surface area contributed by atoms with Crippen LogP contribution in [0.5, 0.6) is 0 Å². The molecule has 13 heavy (non-hydrogen) atoms. The van der Waals surface area contributed by atoms with E-state index in [2.05, 4.69) is 0 Å². The Hall–Kier alpha value is -0.570. The molecule has 0 aliphatic heterocycles. The highest BCUT2D eigenvalue weighted by Crippen LogP contribution is 2.21. The summed E-state index contributed by atoms with van der Waals surface area (Å²) in [6.07, 6.45) is -0.542. The normalized spacial score (nSPS) is 15.5. The lowest BCUT2D eigenvalue weighted by Crippen LogP contribution is -2.23. The quantitative estimate of drug-likeness (QED) is 0.766. The Bertz CT molecular complexity index is 299. The molecule has 0 radical (unpaired) electrons. The molecule has 2 nitrogen and oxygen atoms in total. The van der Waals surface area contributed by atoms with E-state index in [1.54, 1.807) is 13.0 Å². The number of nitrogens with two attached hydrogens (primary N) is 1. The molecule has 0 fully saturated rings. The average Bonchev–Trinajstić information content (AvgIpc) is 2.03. The summed E-state index contributed by atoms with van der Waals surface area (Å²) in [6, 6.07) is 5.15. The molecule has 0 saturated heterocycles. The van der Waals surface area contributed by atoms with E-state index in [1.807, 2.05) is 19.1 Å². The van der Waals surface area contributed by atoms with Gasteiger partial charge in [-0.15, -0.1) is 0 Å². The van der Waals surface area contributed by atoms with Crippen LogP contribution in [0, 0.1) is 6.92 Å². The first kappa shape index (κ1) is 10.5. The molecule has 0 saturated carbocycles. The number of hydrogen-bond donors (Lipinski definition) is 2. The topological polar surface area (TPSA) is 46.2 Å². The fraction of sp³-hybridized carbons (Fsp3) is 0.400. The molecule has 2 atom stereocenters. The van der Waals surface area contributed by atoms with Crippen molar-refractivity contribution in [3.05, 3.63) is 34.3 Å². The van der Waals surface area contributed by atoms with E-state index in [1.165, 1.54) is 0 Å². The Labute approximate surface area is 83.3 Å². The van der Waals surface area contributed by atoms with E-state index in [0.29, 0.717) is 5.02 Å². The first-order chi connectivity index (χ1) is 6.02. The molecule has 0 unspecified atom stereocenters. The second-order valence-corrected chi connectivity index (χ2v) is 3.70. The fourth-order valence-corrected chi connectivity index (χ4v) is 1.50. The van der Waals surface area contributed by atoms with Crippen LogP contribution >= 0.6 is 11.6 Å². The average molecular weight is 200 g/mol. The van der Waals surface area contributed by atoms with E-state index in [-0.39, 0.29) is 6.04 Å². The van der Waals surface area contributed by atoms with Crippen molar-refractivity contribution >= 4 is 11.6 Å². The number of hydrogen-bond acceptors (Lipinski definition) is 2. The van der Waals surface area contributed by atoms with Crippen LogP contribution in [-0.4, -0.2) is 11.2 Å². The van der Waals surface area contributed by atoms with Crippen molar-refractivity contribution in [2.75, 3.05) is 0 Å². The predicted molar refractivity (Wildman–Crippen MR) is 54.8 cm³/mol. The summed E-state index contributed by atoms with van der Waals surface area (Å²) in [4.78, 5) is 0. The van der Waals surface area contributed by atoms with E-state index in [4.69, 9.17) is 17.3 Å². The smallest absolute Gasteiger partial charge is 0.0704 e. The molecule has 1 aromatic rings. The van der Waals surface area contributed by atoms with Gasteiger partial charge in [-0.05, 0) is 37.1 Å². The molecule has 0 aliphatic carbocycles. The summed E-state index contributed by atoms with van der Waals surface area (Å²) in [5, 5.41) is 10.0. The minimum atomic E-state index is -0.542. The molecular formula is C10H14ClNO. The zero-order chi connectivity index (χ0) is 10.0. The number of aryl methyl sites for hydroxylation is 1. The summed E-state index contributed by atoms with van der Waals surface area (Å²) >= 11 is 5.80. The van der Waals surface area contributed by atoms with Crippen LogP contribution in [0.25, 0.3) is 0 Å². The van der Waals surface area contributed by atoms with Crippen LogP contribution in [0.2, 0.25) is 5.02 Å².